The van der Waals surface area contributed by atoms with Gasteiger partial charge in [-0.25, -0.2) is 4.39 Å². The lowest BCUT2D eigenvalue weighted by Gasteiger charge is -2.02. The minimum absolute atomic E-state index is 0.216. The number of methoxy groups -OCH3 is 1. The van der Waals surface area contributed by atoms with Crippen molar-refractivity contribution < 1.29 is 9.13 Å². The van der Waals surface area contributed by atoms with Crippen molar-refractivity contribution in [1.29, 1.82) is 0 Å². The molecule has 13 heavy (non-hydrogen) atoms. The van der Waals surface area contributed by atoms with Gasteiger partial charge in [0.1, 0.15) is 5.83 Å². The summed E-state index contributed by atoms with van der Waals surface area (Å²) in [5, 5.41) is 0. The second-order valence-corrected chi connectivity index (χ2v) is 3.09. The first kappa shape index (κ1) is 12.1. The van der Waals surface area contributed by atoms with Crippen LogP contribution in [0.5, 0.6) is 0 Å². The summed E-state index contributed by atoms with van der Waals surface area (Å²) in [5.74, 6) is -0.0201. The molecule has 0 N–H and O–H groups in total. The molecule has 0 amide bonds. The Hall–Kier alpha value is -0.890. The van der Waals surface area contributed by atoms with E-state index < -0.39 is 0 Å². The van der Waals surface area contributed by atoms with E-state index >= 15 is 0 Å². The summed E-state index contributed by atoms with van der Waals surface area (Å²) in [6.07, 6.45) is 5.97. The lowest BCUT2D eigenvalue weighted by molar-refractivity contribution is 0.178. The van der Waals surface area contributed by atoms with E-state index in [2.05, 4.69) is 6.58 Å². The molecule has 1 atom stereocenters. The molecule has 0 aromatic heterocycles. The molecule has 0 aromatic rings. The summed E-state index contributed by atoms with van der Waals surface area (Å²) in [4.78, 5) is 0. The van der Waals surface area contributed by atoms with Gasteiger partial charge in [0.2, 0.25) is 0 Å². The molecule has 0 radical (unpaired) electrons. The van der Waals surface area contributed by atoms with Gasteiger partial charge in [-0.15, -0.1) is 6.58 Å². The Morgan fingerprint density at radius 1 is 1.46 bits per heavy atom. The first-order valence-electron chi connectivity index (χ1n) is 4.31. The molecule has 0 aliphatic carbocycles. The van der Waals surface area contributed by atoms with Crippen molar-refractivity contribution in [2.24, 2.45) is 5.92 Å². The summed E-state index contributed by atoms with van der Waals surface area (Å²) < 4.78 is 17.9. The van der Waals surface area contributed by atoms with Crippen molar-refractivity contribution in [1.82, 2.24) is 0 Å². The number of halogens is 1. The number of allylic oxidation sites excluding steroid dienone is 3. The van der Waals surface area contributed by atoms with Crippen LogP contribution in [0.25, 0.3) is 0 Å². The smallest absolute Gasteiger partial charge is 0.119 e. The molecule has 0 saturated heterocycles. The number of ether oxygens (including phenoxy) is 1. The molecule has 0 aromatic carbocycles. The van der Waals surface area contributed by atoms with Gasteiger partial charge in [-0.2, -0.15) is 0 Å². The summed E-state index contributed by atoms with van der Waals surface area (Å²) in [6.45, 7) is 7.40. The van der Waals surface area contributed by atoms with Gasteiger partial charge in [0, 0.05) is 7.11 Å². The number of hydrogen-bond acceptors (Lipinski definition) is 1. The van der Waals surface area contributed by atoms with Crippen LogP contribution < -0.4 is 0 Å². The van der Waals surface area contributed by atoms with Gasteiger partial charge in [0.15, 0.2) is 0 Å². The molecule has 0 heterocycles. The molecule has 2 heteroatoms. The highest BCUT2D eigenvalue weighted by Gasteiger charge is 1.96. The molecule has 1 unspecified atom stereocenters. The second kappa shape index (κ2) is 6.61. The summed E-state index contributed by atoms with van der Waals surface area (Å²) in [7, 11) is 1.56. The van der Waals surface area contributed by atoms with Gasteiger partial charge in [-0.05, 0) is 24.1 Å². The Morgan fingerprint density at radius 3 is 2.46 bits per heavy atom. The maximum Gasteiger partial charge on any atom is 0.119 e. The first-order chi connectivity index (χ1) is 6.10. The van der Waals surface area contributed by atoms with Crippen molar-refractivity contribution >= 4 is 0 Å². The van der Waals surface area contributed by atoms with Crippen LogP contribution in [0.2, 0.25) is 0 Å². The van der Waals surface area contributed by atoms with Crippen LogP contribution >= 0.6 is 0 Å². The molecular formula is C11H17FO. The van der Waals surface area contributed by atoms with E-state index in [1.165, 1.54) is 6.08 Å². The quantitative estimate of drug-likeness (QED) is 0.470. The molecular weight excluding hydrogens is 167 g/mol. The van der Waals surface area contributed by atoms with Crippen LogP contribution in [0, 0.1) is 5.92 Å². The number of rotatable bonds is 5. The molecule has 0 spiro atoms. The van der Waals surface area contributed by atoms with E-state index in [9.17, 15) is 4.39 Å². The van der Waals surface area contributed by atoms with Crippen LogP contribution in [-0.2, 0) is 4.74 Å². The molecule has 0 fully saturated rings. The maximum absolute atomic E-state index is 13.0. The van der Waals surface area contributed by atoms with Crippen LogP contribution in [0.3, 0.4) is 0 Å². The van der Waals surface area contributed by atoms with Crippen molar-refractivity contribution in [2.75, 3.05) is 7.11 Å². The Labute approximate surface area is 79.6 Å². The first-order valence-corrected chi connectivity index (χ1v) is 4.31. The van der Waals surface area contributed by atoms with Crippen LogP contribution in [0.1, 0.15) is 13.8 Å². The Morgan fingerprint density at radius 2 is 2.08 bits per heavy atom. The minimum Gasteiger partial charge on any atom is -0.373 e. The molecule has 0 rings (SSSR count). The highest BCUT2D eigenvalue weighted by molar-refractivity contribution is 5.15. The third kappa shape index (κ3) is 6.29. The normalized spacial score (nSPS) is 15.3. The topological polar surface area (TPSA) is 9.23 Å². The summed E-state index contributed by atoms with van der Waals surface area (Å²) >= 11 is 0. The zero-order valence-corrected chi connectivity index (χ0v) is 8.46. The standard InChI is InChI=1S/C11H17FO/c1-5-11(13-4)7-6-10(12)8-9(2)3/h5-9,11H,1H2,2-4H3/b7-6-,10-8+. The Balaban J connectivity index is 4.16. The second-order valence-electron chi connectivity index (χ2n) is 3.09. The lowest BCUT2D eigenvalue weighted by atomic mass is 10.2. The predicted molar refractivity (Wildman–Crippen MR) is 54.2 cm³/mol. The Bertz CT molecular complexity index is 204. The van der Waals surface area contributed by atoms with Crippen molar-refractivity contribution in [3.63, 3.8) is 0 Å². The van der Waals surface area contributed by atoms with E-state index in [4.69, 9.17) is 4.74 Å². The van der Waals surface area contributed by atoms with Crippen LogP contribution in [0.4, 0.5) is 4.39 Å². The molecule has 0 saturated carbocycles. The number of hydrogen-bond donors (Lipinski definition) is 0. The summed E-state index contributed by atoms with van der Waals surface area (Å²) in [6, 6.07) is 0. The fourth-order valence-electron chi connectivity index (χ4n) is 0.814. The van der Waals surface area contributed by atoms with Crippen molar-refractivity contribution in [3.05, 3.63) is 36.7 Å². The maximum atomic E-state index is 13.0. The third-order valence-corrected chi connectivity index (χ3v) is 1.44. The lowest BCUT2D eigenvalue weighted by Crippen LogP contribution is -2.00. The highest BCUT2D eigenvalue weighted by Crippen LogP contribution is 2.06. The van der Waals surface area contributed by atoms with Gasteiger partial charge in [-0.1, -0.05) is 19.9 Å². The minimum atomic E-state index is -0.237. The fourth-order valence-corrected chi connectivity index (χ4v) is 0.814. The average molecular weight is 184 g/mol. The third-order valence-electron chi connectivity index (χ3n) is 1.44. The molecule has 0 aliphatic rings. The van der Waals surface area contributed by atoms with E-state index in [0.29, 0.717) is 0 Å². The van der Waals surface area contributed by atoms with E-state index in [-0.39, 0.29) is 17.8 Å². The van der Waals surface area contributed by atoms with Crippen molar-refractivity contribution in [3.8, 4) is 0 Å². The SMILES string of the molecule is C=CC(/C=C\C(F)=C/C(C)C)OC. The fraction of sp³-hybridized carbons (Fsp3) is 0.455. The van der Waals surface area contributed by atoms with Crippen molar-refractivity contribution in [2.45, 2.75) is 20.0 Å². The summed E-state index contributed by atoms with van der Waals surface area (Å²) in [5.41, 5.74) is 0. The molecule has 0 bridgehead atoms. The van der Waals surface area contributed by atoms with Gasteiger partial charge in [-0.3, -0.25) is 0 Å². The Kier molecular flexibility index (Phi) is 6.15. The van der Waals surface area contributed by atoms with Crippen LogP contribution in [0.15, 0.2) is 36.7 Å². The zero-order chi connectivity index (χ0) is 10.3. The largest absolute Gasteiger partial charge is 0.373 e. The highest BCUT2D eigenvalue weighted by atomic mass is 19.1. The predicted octanol–water partition coefficient (Wildman–Crippen LogP) is 3.25. The molecule has 1 nitrogen and oxygen atoms in total. The van der Waals surface area contributed by atoms with Gasteiger partial charge >= 0.3 is 0 Å². The average Bonchev–Trinajstić information content (AvgIpc) is 2.05. The van der Waals surface area contributed by atoms with Gasteiger partial charge in [0.05, 0.1) is 6.10 Å². The van der Waals surface area contributed by atoms with E-state index in [1.54, 1.807) is 25.3 Å². The van der Waals surface area contributed by atoms with E-state index in [1.807, 2.05) is 13.8 Å². The van der Waals surface area contributed by atoms with Gasteiger partial charge < -0.3 is 4.74 Å². The zero-order valence-electron chi connectivity index (χ0n) is 8.46. The van der Waals surface area contributed by atoms with Crippen LogP contribution in [-0.4, -0.2) is 13.2 Å². The monoisotopic (exact) mass is 184 g/mol. The molecule has 74 valence electrons. The van der Waals surface area contributed by atoms with E-state index in [0.717, 1.165) is 0 Å². The molecule has 0 aliphatic heterocycles. The van der Waals surface area contributed by atoms with Gasteiger partial charge in [0.25, 0.3) is 0 Å².